The molecular formula is C14H10BrFO4. The van der Waals surface area contributed by atoms with Gasteiger partial charge in [-0.15, -0.1) is 0 Å². The number of hydrogen-bond donors (Lipinski definition) is 2. The summed E-state index contributed by atoms with van der Waals surface area (Å²) in [5.41, 5.74) is 0.541. The molecule has 0 spiro atoms. The third-order valence-electron chi connectivity index (χ3n) is 2.58. The van der Waals surface area contributed by atoms with Crippen LogP contribution in [0.5, 0.6) is 11.5 Å². The Morgan fingerprint density at radius 1 is 1.20 bits per heavy atom. The van der Waals surface area contributed by atoms with Gasteiger partial charge in [0.25, 0.3) is 0 Å². The van der Waals surface area contributed by atoms with E-state index in [1.165, 1.54) is 30.3 Å². The van der Waals surface area contributed by atoms with Gasteiger partial charge in [0.05, 0.1) is 0 Å². The van der Waals surface area contributed by atoms with Crippen LogP contribution in [0.25, 0.3) is 0 Å². The summed E-state index contributed by atoms with van der Waals surface area (Å²) in [7, 11) is 0. The third-order valence-corrected chi connectivity index (χ3v) is 3.31. The van der Waals surface area contributed by atoms with Gasteiger partial charge < -0.3 is 14.9 Å². The molecule has 104 valence electrons. The van der Waals surface area contributed by atoms with Gasteiger partial charge in [0.1, 0.15) is 29.5 Å². The molecule has 2 aromatic rings. The van der Waals surface area contributed by atoms with Crippen molar-refractivity contribution in [1.82, 2.24) is 0 Å². The summed E-state index contributed by atoms with van der Waals surface area (Å²) in [6, 6.07) is 7.58. The van der Waals surface area contributed by atoms with Crippen molar-refractivity contribution in [3.05, 3.63) is 57.8 Å². The van der Waals surface area contributed by atoms with Gasteiger partial charge in [-0.1, -0.05) is 22.0 Å². The molecular weight excluding hydrogens is 331 g/mol. The molecule has 2 aromatic carbocycles. The van der Waals surface area contributed by atoms with Crippen LogP contribution in [-0.4, -0.2) is 16.2 Å². The summed E-state index contributed by atoms with van der Waals surface area (Å²) in [4.78, 5) is 11.8. The summed E-state index contributed by atoms with van der Waals surface area (Å²) in [5.74, 6) is -1.66. The molecule has 0 heterocycles. The van der Waals surface area contributed by atoms with Crippen molar-refractivity contribution in [3.8, 4) is 11.5 Å². The first-order valence-corrected chi connectivity index (χ1v) is 6.39. The van der Waals surface area contributed by atoms with E-state index in [0.717, 1.165) is 6.07 Å². The minimum absolute atomic E-state index is 0.0546. The molecule has 0 aliphatic heterocycles. The Morgan fingerprint density at radius 3 is 2.60 bits per heavy atom. The Labute approximate surface area is 122 Å². The maximum absolute atomic E-state index is 12.9. The standard InChI is InChI=1S/C14H10BrFO4/c15-12-5-9(16)2-1-8(12)7-20-14(19)11-4-3-10(17)6-13(11)18/h1-6,17-18H,7H2. The van der Waals surface area contributed by atoms with Gasteiger partial charge in [-0.3, -0.25) is 0 Å². The number of rotatable bonds is 3. The van der Waals surface area contributed by atoms with Crippen LogP contribution in [0.3, 0.4) is 0 Å². The summed E-state index contributed by atoms with van der Waals surface area (Å²) in [6.45, 7) is -0.0694. The van der Waals surface area contributed by atoms with Crippen LogP contribution >= 0.6 is 15.9 Å². The fraction of sp³-hybridized carbons (Fsp3) is 0.0714. The van der Waals surface area contributed by atoms with E-state index in [-0.39, 0.29) is 23.7 Å². The quantitative estimate of drug-likeness (QED) is 0.841. The first-order valence-electron chi connectivity index (χ1n) is 5.60. The molecule has 0 saturated carbocycles. The number of halogens is 2. The number of benzene rings is 2. The van der Waals surface area contributed by atoms with E-state index in [1.54, 1.807) is 0 Å². The fourth-order valence-corrected chi connectivity index (χ4v) is 2.02. The van der Waals surface area contributed by atoms with Crippen LogP contribution in [0.15, 0.2) is 40.9 Å². The fourth-order valence-electron chi connectivity index (χ4n) is 1.55. The van der Waals surface area contributed by atoms with Crippen molar-refractivity contribution in [2.45, 2.75) is 6.61 Å². The average Bonchev–Trinajstić information content (AvgIpc) is 2.37. The predicted molar refractivity (Wildman–Crippen MR) is 73.0 cm³/mol. The highest BCUT2D eigenvalue weighted by Crippen LogP contribution is 2.24. The lowest BCUT2D eigenvalue weighted by atomic mass is 10.2. The zero-order chi connectivity index (χ0) is 14.7. The van der Waals surface area contributed by atoms with Crippen LogP contribution in [0, 0.1) is 5.82 Å². The van der Waals surface area contributed by atoms with Crippen LogP contribution in [-0.2, 0) is 11.3 Å². The molecule has 2 rings (SSSR count). The van der Waals surface area contributed by atoms with E-state index in [1.807, 2.05) is 0 Å². The Morgan fingerprint density at radius 2 is 1.95 bits per heavy atom. The summed E-state index contributed by atoms with van der Waals surface area (Å²) >= 11 is 3.16. The smallest absolute Gasteiger partial charge is 0.342 e. The minimum atomic E-state index is -0.737. The van der Waals surface area contributed by atoms with E-state index in [0.29, 0.717) is 10.0 Å². The van der Waals surface area contributed by atoms with Crippen LogP contribution in [0.1, 0.15) is 15.9 Å². The highest BCUT2D eigenvalue weighted by atomic mass is 79.9. The number of aromatic hydroxyl groups is 2. The zero-order valence-corrected chi connectivity index (χ0v) is 11.7. The van der Waals surface area contributed by atoms with Crippen molar-refractivity contribution >= 4 is 21.9 Å². The number of esters is 1. The molecule has 4 nitrogen and oxygen atoms in total. The van der Waals surface area contributed by atoms with Crippen LogP contribution in [0.4, 0.5) is 4.39 Å². The second-order valence-corrected chi connectivity index (χ2v) is 4.87. The van der Waals surface area contributed by atoms with E-state index in [2.05, 4.69) is 15.9 Å². The lowest BCUT2D eigenvalue weighted by Gasteiger charge is -2.08. The van der Waals surface area contributed by atoms with E-state index in [4.69, 9.17) is 9.84 Å². The first kappa shape index (κ1) is 14.3. The van der Waals surface area contributed by atoms with Crippen molar-refractivity contribution in [2.24, 2.45) is 0 Å². The Bertz CT molecular complexity index is 658. The second kappa shape index (κ2) is 5.92. The molecule has 0 aromatic heterocycles. The monoisotopic (exact) mass is 340 g/mol. The maximum atomic E-state index is 12.9. The van der Waals surface area contributed by atoms with Crippen LogP contribution in [0.2, 0.25) is 0 Å². The van der Waals surface area contributed by atoms with Gasteiger partial charge >= 0.3 is 5.97 Å². The van der Waals surface area contributed by atoms with Gasteiger partial charge in [0.15, 0.2) is 0 Å². The van der Waals surface area contributed by atoms with E-state index >= 15 is 0 Å². The molecule has 6 heteroatoms. The molecule has 0 amide bonds. The highest BCUT2D eigenvalue weighted by molar-refractivity contribution is 9.10. The molecule has 2 N–H and O–H groups in total. The van der Waals surface area contributed by atoms with Gasteiger partial charge in [-0.25, -0.2) is 9.18 Å². The Hall–Kier alpha value is -2.08. The predicted octanol–water partition coefficient (Wildman–Crippen LogP) is 3.36. The molecule has 20 heavy (non-hydrogen) atoms. The number of phenolic OH excluding ortho intramolecular Hbond substituents is 2. The number of ether oxygens (including phenoxy) is 1. The Kier molecular flexibility index (Phi) is 4.24. The average molecular weight is 341 g/mol. The van der Waals surface area contributed by atoms with E-state index in [9.17, 15) is 14.3 Å². The summed E-state index contributed by atoms with van der Waals surface area (Å²) < 4.78 is 18.4. The van der Waals surface area contributed by atoms with Gasteiger partial charge in [0, 0.05) is 16.1 Å². The molecule has 0 radical (unpaired) electrons. The second-order valence-electron chi connectivity index (χ2n) is 4.01. The summed E-state index contributed by atoms with van der Waals surface area (Å²) in [5, 5.41) is 18.7. The normalized spacial score (nSPS) is 10.3. The van der Waals surface area contributed by atoms with Crippen molar-refractivity contribution < 1.29 is 24.1 Å². The molecule has 0 bridgehead atoms. The van der Waals surface area contributed by atoms with Crippen molar-refractivity contribution in [3.63, 3.8) is 0 Å². The summed E-state index contributed by atoms with van der Waals surface area (Å²) in [6.07, 6.45) is 0. The molecule has 0 fully saturated rings. The van der Waals surface area contributed by atoms with Gasteiger partial charge in [-0.2, -0.15) is 0 Å². The van der Waals surface area contributed by atoms with Gasteiger partial charge in [-0.05, 0) is 24.3 Å². The lowest BCUT2D eigenvalue weighted by Crippen LogP contribution is -2.06. The SMILES string of the molecule is O=C(OCc1ccc(F)cc1Br)c1ccc(O)cc1O. The molecule has 0 atom stereocenters. The van der Waals surface area contributed by atoms with Crippen molar-refractivity contribution in [1.29, 1.82) is 0 Å². The number of carbonyl (C=O) groups is 1. The largest absolute Gasteiger partial charge is 0.508 e. The zero-order valence-electron chi connectivity index (χ0n) is 10.1. The van der Waals surface area contributed by atoms with E-state index < -0.39 is 11.8 Å². The third kappa shape index (κ3) is 3.27. The van der Waals surface area contributed by atoms with Crippen LogP contribution < -0.4 is 0 Å². The first-order chi connectivity index (χ1) is 9.47. The topological polar surface area (TPSA) is 66.8 Å². The molecule has 0 saturated heterocycles. The molecule has 0 aliphatic rings. The number of phenols is 2. The highest BCUT2D eigenvalue weighted by Gasteiger charge is 2.14. The van der Waals surface area contributed by atoms with Crippen molar-refractivity contribution in [2.75, 3.05) is 0 Å². The number of carbonyl (C=O) groups excluding carboxylic acids is 1. The van der Waals surface area contributed by atoms with Gasteiger partial charge in [0.2, 0.25) is 0 Å². The molecule has 0 aliphatic carbocycles. The number of hydrogen-bond acceptors (Lipinski definition) is 4. The lowest BCUT2D eigenvalue weighted by molar-refractivity contribution is 0.0468. The molecule has 0 unspecified atom stereocenters. The minimum Gasteiger partial charge on any atom is -0.508 e. The Balaban J connectivity index is 2.08. The maximum Gasteiger partial charge on any atom is 0.342 e.